The van der Waals surface area contributed by atoms with Gasteiger partial charge in [0, 0.05) is 16.1 Å². The van der Waals surface area contributed by atoms with Crippen LogP contribution in [0.1, 0.15) is 18.8 Å². The van der Waals surface area contributed by atoms with Crippen molar-refractivity contribution >= 4 is 88.0 Å². The van der Waals surface area contributed by atoms with E-state index in [1.807, 2.05) is 0 Å². The molecular weight excluding hydrogens is 460 g/mol. The molecule has 0 saturated heterocycles. The van der Waals surface area contributed by atoms with Crippen molar-refractivity contribution in [2.75, 3.05) is 0 Å². The van der Waals surface area contributed by atoms with Crippen molar-refractivity contribution in [3.05, 3.63) is 63.6 Å². The van der Waals surface area contributed by atoms with E-state index in [2.05, 4.69) is 0 Å². The van der Waals surface area contributed by atoms with Crippen molar-refractivity contribution in [1.29, 1.82) is 0 Å². The van der Waals surface area contributed by atoms with Gasteiger partial charge in [0.2, 0.25) is 0 Å². The third-order valence-electron chi connectivity index (χ3n) is 2.58. The first-order valence-electron chi connectivity index (χ1n) is 5.36. The van der Waals surface area contributed by atoms with Gasteiger partial charge in [-0.1, -0.05) is 23.2 Å². The monoisotopic (exact) mass is 470 g/mol. The summed E-state index contributed by atoms with van der Waals surface area (Å²) >= 11 is 11.4. The quantitative estimate of drug-likeness (QED) is 0.425. The fraction of sp³-hybridized carbons (Fsp3) is 0. The molecule has 0 unspecified atom stereocenters. The molecule has 21 heavy (non-hydrogen) atoms. The first-order chi connectivity index (χ1) is 9.29. The second-order valence-electron chi connectivity index (χ2n) is 3.96. The Morgan fingerprint density at radius 3 is 2.05 bits per heavy atom. The second-order valence-corrected chi connectivity index (χ2v) is 6.19. The largest absolute Gasteiger partial charge is 2.00 e. The number of halogens is 2. The summed E-state index contributed by atoms with van der Waals surface area (Å²) in [6, 6.07) is 9.80. The second kappa shape index (κ2) is 7.63. The Balaban J connectivity index is 0. The van der Waals surface area contributed by atoms with Gasteiger partial charge in [-0.25, -0.2) is 0 Å². The summed E-state index contributed by atoms with van der Waals surface area (Å²) < 4.78 is 31.3. The van der Waals surface area contributed by atoms with Crippen LogP contribution in [0.2, 0.25) is 10.0 Å². The van der Waals surface area contributed by atoms with Gasteiger partial charge in [0.25, 0.3) is 10.1 Å². The minimum Gasteiger partial charge on any atom is -1.00 e. The van der Waals surface area contributed by atoms with E-state index in [0.717, 1.165) is 6.07 Å². The van der Waals surface area contributed by atoms with E-state index in [-0.39, 0.29) is 62.3 Å². The number of carbonyl (C=O) groups is 1. The molecule has 0 aliphatic rings. The zero-order valence-corrected chi connectivity index (χ0v) is 17.4. The minimum atomic E-state index is -4.48. The van der Waals surface area contributed by atoms with E-state index < -0.39 is 20.8 Å². The van der Waals surface area contributed by atoms with E-state index in [4.69, 9.17) is 27.8 Å². The van der Waals surface area contributed by atoms with Crippen molar-refractivity contribution in [3.63, 3.8) is 0 Å². The van der Waals surface area contributed by atoms with E-state index in [1.54, 1.807) is 12.1 Å². The van der Waals surface area contributed by atoms with Crippen LogP contribution < -0.4 is 0 Å². The molecule has 0 fully saturated rings. The number of rotatable bonds is 3. The molecule has 0 amide bonds. The van der Waals surface area contributed by atoms with Gasteiger partial charge in [-0.15, -0.1) is 0 Å². The van der Waals surface area contributed by atoms with Gasteiger partial charge in [-0.05, 0) is 42.5 Å². The fourth-order valence-corrected chi connectivity index (χ4v) is 2.74. The number of carbonyl (C=O) groups excluding carboxylic acids is 1. The predicted molar refractivity (Wildman–Crippen MR) is 84.1 cm³/mol. The van der Waals surface area contributed by atoms with Gasteiger partial charge in [0.1, 0.15) is 4.90 Å². The maximum Gasteiger partial charge on any atom is 2.00 e. The van der Waals surface area contributed by atoms with E-state index >= 15 is 0 Å². The van der Waals surface area contributed by atoms with Gasteiger partial charge in [0.15, 0.2) is 5.78 Å². The van der Waals surface area contributed by atoms with Crippen LogP contribution in [-0.4, -0.2) is 67.6 Å². The summed E-state index contributed by atoms with van der Waals surface area (Å²) in [6.45, 7) is 0. The normalized spacial score (nSPS) is 10.8. The average molecular weight is 471 g/mol. The van der Waals surface area contributed by atoms with Crippen LogP contribution in [0.15, 0.2) is 47.4 Å². The van der Waals surface area contributed by atoms with Crippen molar-refractivity contribution in [2.24, 2.45) is 0 Å². The van der Waals surface area contributed by atoms with Gasteiger partial charge in [0.05, 0.1) is 5.02 Å². The molecule has 0 saturated carbocycles. The van der Waals surface area contributed by atoms with Crippen molar-refractivity contribution in [1.82, 2.24) is 0 Å². The molecule has 0 aliphatic carbocycles. The molecule has 4 nitrogen and oxygen atoms in total. The summed E-state index contributed by atoms with van der Waals surface area (Å²) in [6.07, 6.45) is 0. The van der Waals surface area contributed by atoms with Gasteiger partial charge in [-0.2, -0.15) is 8.42 Å². The predicted octanol–water partition coefficient (Wildman–Crippen LogP) is 3.32. The maximum atomic E-state index is 12.2. The number of benzene rings is 2. The molecular formula is C13H10BaCl2O4S. The van der Waals surface area contributed by atoms with E-state index in [9.17, 15) is 13.2 Å². The average Bonchev–Trinajstić information content (AvgIpc) is 2.38. The van der Waals surface area contributed by atoms with Crippen LogP contribution in [-0.2, 0) is 10.1 Å². The molecule has 0 aliphatic heterocycles. The summed E-state index contributed by atoms with van der Waals surface area (Å²) in [5.74, 6) is -0.400. The smallest absolute Gasteiger partial charge is 1.00 e. The number of ketones is 1. The zero-order chi connectivity index (χ0) is 14.9. The molecule has 0 radical (unpaired) electrons. The maximum absolute atomic E-state index is 12.2. The Morgan fingerprint density at radius 1 is 1.00 bits per heavy atom. The van der Waals surface area contributed by atoms with Crippen LogP contribution in [0.25, 0.3) is 0 Å². The van der Waals surface area contributed by atoms with Crippen molar-refractivity contribution < 1.29 is 20.6 Å². The topological polar surface area (TPSA) is 71.4 Å². The summed E-state index contributed by atoms with van der Waals surface area (Å²) in [4.78, 5) is 11.7. The van der Waals surface area contributed by atoms with Crippen LogP contribution in [0.5, 0.6) is 0 Å². The standard InChI is InChI=1S/C13H8Cl2O4S.Ba.2H/c14-10-4-1-8(2-5-10)13(16)9-3-6-11(15)12(7-9)20(17,18)19;;;/h1-7H,(H,17,18,19);;;/q;+2;2*-1. The van der Waals surface area contributed by atoms with Gasteiger partial charge in [-0.3, -0.25) is 9.35 Å². The molecule has 0 spiro atoms. The molecule has 2 aromatic rings. The Kier molecular flexibility index (Phi) is 6.98. The van der Waals surface area contributed by atoms with E-state index in [0.29, 0.717) is 10.6 Å². The van der Waals surface area contributed by atoms with Crippen LogP contribution in [0.3, 0.4) is 0 Å². The Labute approximate surface area is 175 Å². The first-order valence-corrected chi connectivity index (χ1v) is 7.56. The molecule has 8 heteroatoms. The Morgan fingerprint density at radius 2 is 1.52 bits per heavy atom. The van der Waals surface area contributed by atoms with Crippen LogP contribution >= 0.6 is 23.2 Å². The summed E-state index contributed by atoms with van der Waals surface area (Å²) in [7, 11) is -4.48. The third kappa shape index (κ3) is 4.82. The van der Waals surface area contributed by atoms with Gasteiger partial charge >= 0.3 is 48.9 Å². The van der Waals surface area contributed by atoms with Crippen molar-refractivity contribution in [3.8, 4) is 0 Å². The minimum absolute atomic E-state index is 0. The van der Waals surface area contributed by atoms with Crippen LogP contribution in [0.4, 0.5) is 0 Å². The Hall–Kier alpha value is 0.171. The molecule has 0 aromatic heterocycles. The SMILES string of the molecule is O=C(c1ccc(Cl)cc1)c1ccc(Cl)c(S(=O)(=O)O)c1.[Ba+2].[H-].[H-]. The zero-order valence-electron chi connectivity index (χ0n) is 12.6. The first kappa shape index (κ1) is 19.2. The third-order valence-corrected chi connectivity index (χ3v) is 4.16. The van der Waals surface area contributed by atoms with Crippen LogP contribution in [0, 0.1) is 0 Å². The molecule has 2 rings (SSSR count). The summed E-state index contributed by atoms with van der Waals surface area (Å²) in [5.41, 5.74) is 0.447. The molecule has 0 atom stereocenters. The van der Waals surface area contributed by atoms with Gasteiger partial charge < -0.3 is 2.85 Å². The molecule has 1 N–H and O–H groups in total. The Bertz CT molecular complexity index is 783. The van der Waals surface area contributed by atoms with E-state index in [1.165, 1.54) is 24.3 Å². The fourth-order valence-electron chi connectivity index (χ4n) is 1.61. The molecule has 0 heterocycles. The molecule has 2 aromatic carbocycles. The molecule has 108 valence electrons. The summed E-state index contributed by atoms with van der Waals surface area (Å²) in [5, 5.41) is 0.330. The van der Waals surface area contributed by atoms with Crippen molar-refractivity contribution in [2.45, 2.75) is 4.90 Å². The number of hydrogen-bond acceptors (Lipinski definition) is 3. The number of hydrogen-bond donors (Lipinski definition) is 1. The molecule has 0 bridgehead atoms.